The summed E-state index contributed by atoms with van der Waals surface area (Å²) < 4.78 is 43.0. The van der Waals surface area contributed by atoms with Gasteiger partial charge in [0.15, 0.2) is 0 Å². The lowest BCUT2D eigenvalue weighted by atomic mass is 10.2. The molecule has 4 nitrogen and oxygen atoms in total. The van der Waals surface area contributed by atoms with Crippen LogP contribution in [0.15, 0.2) is 35.1 Å². The highest BCUT2D eigenvalue weighted by molar-refractivity contribution is 6.33. The summed E-state index contributed by atoms with van der Waals surface area (Å²) in [5, 5.41) is 0.287. The van der Waals surface area contributed by atoms with E-state index in [2.05, 4.69) is 15.0 Å². The lowest BCUT2D eigenvalue weighted by molar-refractivity contribution is -0.137. The summed E-state index contributed by atoms with van der Waals surface area (Å²) >= 11 is 5.93. The minimum Gasteiger partial charge on any atom is -0.418 e. The van der Waals surface area contributed by atoms with E-state index in [0.29, 0.717) is 11.8 Å². The third kappa shape index (κ3) is 2.20. The number of halogens is 4. The largest absolute Gasteiger partial charge is 0.418 e. The van der Waals surface area contributed by atoms with Crippen molar-refractivity contribution in [3.05, 3.63) is 41.3 Å². The fourth-order valence-corrected chi connectivity index (χ4v) is 1.84. The van der Waals surface area contributed by atoms with Gasteiger partial charge >= 0.3 is 6.18 Å². The summed E-state index contributed by atoms with van der Waals surface area (Å²) in [7, 11) is 0. The van der Waals surface area contributed by atoms with Gasteiger partial charge in [-0.25, -0.2) is 9.97 Å². The fourth-order valence-electron chi connectivity index (χ4n) is 1.64. The standard InChI is InChI=1S/C12H5ClF3N3O/c13-8-5-17-2-1-7(8)10-19-9-3-6(12(14,15)16)4-18-11(9)20-10/h1-5H. The number of nitrogens with zero attached hydrogens (tertiary/aromatic N) is 3. The molecule has 0 atom stereocenters. The summed E-state index contributed by atoms with van der Waals surface area (Å²) in [6.07, 6.45) is -0.912. The molecule has 3 rings (SSSR count). The highest BCUT2D eigenvalue weighted by Gasteiger charge is 2.31. The maximum absolute atomic E-state index is 12.6. The maximum atomic E-state index is 12.6. The van der Waals surface area contributed by atoms with Gasteiger partial charge in [0.25, 0.3) is 0 Å². The topological polar surface area (TPSA) is 51.8 Å². The number of alkyl halides is 3. The third-order valence-electron chi connectivity index (χ3n) is 2.58. The second-order valence-corrected chi connectivity index (χ2v) is 4.33. The molecule has 8 heteroatoms. The Hall–Kier alpha value is -2.15. The number of pyridine rings is 2. The lowest BCUT2D eigenvalue weighted by Crippen LogP contribution is -2.04. The van der Waals surface area contributed by atoms with E-state index >= 15 is 0 Å². The number of hydrogen-bond donors (Lipinski definition) is 0. The highest BCUT2D eigenvalue weighted by atomic mass is 35.5. The van der Waals surface area contributed by atoms with Crippen molar-refractivity contribution in [1.82, 2.24) is 15.0 Å². The molecule has 0 unspecified atom stereocenters. The van der Waals surface area contributed by atoms with E-state index in [9.17, 15) is 13.2 Å². The van der Waals surface area contributed by atoms with E-state index in [-0.39, 0.29) is 22.1 Å². The van der Waals surface area contributed by atoms with Gasteiger partial charge in [-0.05, 0) is 12.1 Å². The number of rotatable bonds is 1. The van der Waals surface area contributed by atoms with Gasteiger partial charge in [-0.3, -0.25) is 4.98 Å². The predicted octanol–water partition coefficient (Wildman–Crippen LogP) is 3.96. The monoisotopic (exact) mass is 299 g/mol. The molecule has 0 saturated heterocycles. The second kappa shape index (κ2) is 4.45. The molecule has 0 amide bonds. The average molecular weight is 300 g/mol. The van der Waals surface area contributed by atoms with Crippen molar-refractivity contribution in [2.24, 2.45) is 0 Å². The minimum absolute atomic E-state index is 0.0147. The van der Waals surface area contributed by atoms with Gasteiger partial charge in [-0.1, -0.05) is 11.6 Å². The van der Waals surface area contributed by atoms with Crippen LogP contribution in [-0.4, -0.2) is 15.0 Å². The molecule has 20 heavy (non-hydrogen) atoms. The first-order valence-electron chi connectivity index (χ1n) is 5.39. The quantitative estimate of drug-likeness (QED) is 0.682. The van der Waals surface area contributed by atoms with Crippen molar-refractivity contribution in [2.75, 3.05) is 0 Å². The molecule has 3 heterocycles. The summed E-state index contributed by atoms with van der Waals surface area (Å²) in [6.45, 7) is 0. The molecule has 0 aliphatic rings. The molecule has 3 aromatic heterocycles. The van der Waals surface area contributed by atoms with Crippen LogP contribution in [0, 0.1) is 0 Å². The van der Waals surface area contributed by atoms with Gasteiger partial charge < -0.3 is 4.42 Å². The van der Waals surface area contributed by atoms with E-state index in [1.807, 2.05) is 0 Å². The number of fused-ring (bicyclic) bond motifs is 1. The molecule has 0 fully saturated rings. The molecule has 0 N–H and O–H groups in total. The first kappa shape index (κ1) is 12.9. The van der Waals surface area contributed by atoms with Crippen LogP contribution >= 0.6 is 11.6 Å². The Bertz CT molecular complexity index is 785. The molecule has 0 bridgehead atoms. The molecule has 102 valence electrons. The molecular formula is C12H5ClF3N3O. The number of oxazole rings is 1. The first-order chi connectivity index (χ1) is 9.45. The third-order valence-corrected chi connectivity index (χ3v) is 2.88. The van der Waals surface area contributed by atoms with Gasteiger partial charge in [-0.15, -0.1) is 0 Å². The summed E-state index contributed by atoms with van der Waals surface area (Å²) in [6, 6.07) is 2.43. The maximum Gasteiger partial charge on any atom is 0.417 e. The molecule has 0 aromatic carbocycles. The zero-order valence-electron chi connectivity index (χ0n) is 9.65. The van der Waals surface area contributed by atoms with Crippen molar-refractivity contribution < 1.29 is 17.6 Å². The summed E-state index contributed by atoms with van der Waals surface area (Å²) in [5.41, 5.74) is -0.414. The van der Waals surface area contributed by atoms with Crippen molar-refractivity contribution in [2.45, 2.75) is 6.18 Å². The van der Waals surface area contributed by atoms with Crippen LogP contribution in [0.5, 0.6) is 0 Å². The normalized spacial score (nSPS) is 12.0. The van der Waals surface area contributed by atoms with Crippen LogP contribution in [-0.2, 0) is 6.18 Å². The second-order valence-electron chi connectivity index (χ2n) is 3.92. The van der Waals surface area contributed by atoms with Crippen LogP contribution in [0.2, 0.25) is 5.02 Å². The Morgan fingerprint density at radius 2 is 2.00 bits per heavy atom. The van der Waals surface area contributed by atoms with E-state index in [1.54, 1.807) is 6.07 Å². The minimum atomic E-state index is -4.48. The van der Waals surface area contributed by atoms with Gasteiger partial charge in [0.1, 0.15) is 5.52 Å². The van der Waals surface area contributed by atoms with Gasteiger partial charge in [-0.2, -0.15) is 13.2 Å². The Kier molecular flexibility index (Phi) is 2.86. The zero-order chi connectivity index (χ0) is 14.3. The van der Waals surface area contributed by atoms with Crippen LogP contribution in [0.25, 0.3) is 22.7 Å². The molecule has 3 aromatic rings. The Balaban J connectivity index is 2.14. The highest BCUT2D eigenvalue weighted by Crippen LogP contribution is 2.32. The zero-order valence-corrected chi connectivity index (χ0v) is 10.4. The van der Waals surface area contributed by atoms with E-state index in [4.69, 9.17) is 16.0 Å². The predicted molar refractivity (Wildman–Crippen MR) is 65.0 cm³/mol. The van der Waals surface area contributed by atoms with Gasteiger partial charge in [0, 0.05) is 18.6 Å². The molecular weight excluding hydrogens is 295 g/mol. The smallest absolute Gasteiger partial charge is 0.417 e. The van der Waals surface area contributed by atoms with Crippen molar-refractivity contribution in [3.8, 4) is 11.5 Å². The Morgan fingerprint density at radius 3 is 2.70 bits per heavy atom. The molecule has 0 radical (unpaired) electrons. The van der Waals surface area contributed by atoms with Gasteiger partial charge in [0.05, 0.1) is 16.1 Å². The lowest BCUT2D eigenvalue weighted by Gasteiger charge is -2.03. The summed E-state index contributed by atoms with van der Waals surface area (Å²) in [5.74, 6) is 0.0965. The Labute approximate surface area is 115 Å². The van der Waals surface area contributed by atoms with E-state index < -0.39 is 11.7 Å². The van der Waals surface area contributed by atoms with Crippen LogP contribution in [0.4, 0.5) is 13.2 Å². The first-order valence-corrected chi connectivity index (χ1v) is 5.76. The van der Waals surface area contributed by atoms with Crippen LogP contribution in [0.1, 0.15) is 5.56 Å². The summed E-state index contributed by atoms with van der Waals surface area (Å²) in [4.78, 5) is 11.4. The molecule has 0 aliphatic carbocycles. The van der Waals surface area contributed by atoms with Crippen LogP contribution < -0.4 is 0 Å². The van der Waals surface area contributed by atoms with E-state index in [1.165, 1.54) is 12.4 Å². The van der Waals surface area contributed by atoms with Crippen molar-refractivity contribution in [3.63, 3.8) is 0 Å². The van der Waals surface area contributed by atoms with E-state index in [0.717, 1.165) is 6.07 Å². The van der Waals surface area contributed by atoms with Gasteiger partial charge in [0.2, 0.25) is 11.6 Å². The van der Waals surface area contributed by atoms with Crippen LogP contribution in [0.3, 0.4) is 0 Å². The Morgan fingerprint density at radius 1 is 1.20 bits per heavy atom. The average Bonchev–Trinajstić information content (AvgIpc) is 2.80. The number of aromatic nitrogens is 3. The van der Waals surface area contributed by atoms with Crippen molar-refractivity contribution in [1.29, 1.82) is 0 Å². The number of hydrogen-bond acceptors (Lipinski definition) is 4. The van der Waals surface area contributed by atoms with Crippen molar-refractivity contribution >= 4 is 22.8 Å². The SMILES string of the molecule is FC(F)(F)c1cnc2oc(-c3ccncc3Cl)nc2c1. The fraction of sp³-hybridized carbons (Fsp3) is 0.0833. The molecule has 0 spiro atoms. The molecule has 0 saturated carbocycles. The molecule has 0 aliphatic heterocycles.